The van der Waals surface area contributed by atoms with Crippen molar-refractivity contribution in [1.29, 1.82) is 0 Å². The van der Waals surface area contributed by atoms with Gasteiger partial charge in [0.15, 0.2) is 0 Å². The normalized spacial score (nSPS) is 12.4. The third kappa shape index (κ3) is 1.79. The summed E-state index contributed by atoms with van der Waals surface area (Å²) in [4.78, 5) is 0. The molecule has 0 amide bonds. The summed E-state index contributed by atoms with van der Waals surface area (Å²) in [6, 6.07) is 9.21. The van der Waals surface area contributed by atoms with Crippen LogP contribution in [0.15, 0.2) is 36.5 Å². The number of methoxy groups -OCH3 is 1. The fourth-order valence-corrected chi connectivity index (χ4v) is 1.70. The van der Waals surface area contributed by atoms with Gasteiger partial charge in [-0.15, -0.1) is 0 Å². The Balaban J connectivity index is 2.41. The van der Waals surface area contributed by atoms with Gasteiger partial charge < -0.3 is 9.84 Å². The van der Waals surface area contributed by atoms with Gasteiger partial charge in [0.2, 0.25) is 0 Å². The molecule has 1 atom stereocenters. The van der Waals surface area contributed by atoms with Crippen molar-refractivity contribution in [1.82, 2.24) is 9.78 Å². The Bertz CT molecular complexity index is 479. The van der Waals surface area contributed by atoms with Gasteiger partial charge in [0.25, 0.3) is 0 Å². The first kappa shape index (κ1) is 10.7. The van der Waals surface area contributed by atoms with Crippen LogP contribution in [-0.4, -0.2) is 22.0 Å². The largest absolute Gasteiger partial charge is 0.496 e. The van der Waals surface area contributed by atoms with E-state index in [1.54, 1.807) is 31.1 Å². The third-order valence-electron chi connectivity index (χ3n) is 2.57. The molecule has 0 aliphatic carbocycles. The lowest BCUT2D eigenvalue weighted by Crippen LogP contribution is -2.07. The zero-order valence-electron chi connectivity index (χ0n) is 9.29. The van der Waals surface area contributed by atoms with Crippen LogP contribution in [-0.2, 0) is 7.05 Å². The number of hydrogen-bond donors (Lipinski definition) is 1. The highest BCUT2D eigenvalue weighted by Gasteiger charge is 2.17. The van der Waals surface area contributed by atoms with Crippen LogP contribution < -0.4 is 4.74 Å². The van der Waals surface area contributed by atoms with Crippen molar-refractivity contribution in [2.75, 3.05) is 7.11 Å². The highest BCUT2D eigenvalue weighted by Crippen LogP contribution is 2.28. The summed E-state index contributed by atoms with van der Waals surface area (Å²) in [5.74, 6) is 0.677. The number of rotatable bonds is 3. The highest BCUT2D eigenvalue weighted by molar-refractivity contribution is 5.38. The number of aryl methyl sites for hydroxylation is 1. The Kier molecular flexibility index (Phi) is 2.92. The number of aromatic nitrogens is 2. The van der Waals surface area contributed by atoms with Crippen molar-refractivity contribution in [3.8, 4) is 5.75 Å². The lowest BCUT2D eigenvalue weighted by atomic mass is 10.1. The van der Waals surface area contributed by atoms with E-state index in [9.17, 15) is 5.11 Å². The molecule has 84 valence electrons. The van der Waals surface area contributed by atoms with Crippen molar-refractivity contribution < 1.29 is 9.84 Å². The fraction of sp³-hybridized carbons (Fsp3) is 0.250. The summed E-state index contributed by atoms with van der Waals surface area (Å²) >= 11 is 0. The number of para-hydroxylation sites is 1. The zero-order valence-corrected chi connectivity index (χ0v) is 9.29. The van der Waals surface area contributed by atoms with E-state index >= 15 is 0 Å². The zero-order chi connectivity index (χ0) is 11.5. The van der Waals surface area contributed by atoms with Crippen LogP contribution >= 0.6 is 0 Å². The second kappa shape index (κ2) is 4.37. The molecular formula is C12H14N2O2. The molecule has 1 heterocycles. The van der Waals surface area contributed by atoms with Gasteiger partial charge in [-0.1, -0.05) is 18.2 Å². The molecule has 0 saturated carbocycles. The number of nitrogens with zero attached hydrogens (tertiary/aromatic N) is 2. The topological polar surface area (TPSA) is 47.3 Å². The minimum atomic E-state index is -0.719. The van der Waals surface area contributed by atoms with Gasteiger partial charge in [-0.2, -0.15) is 5.10 Å². The molecule has 0 fully saturated rings. The summed E-state index contributed by atoms with van der Waals surface area (Å²) in [6.45, 7) is 0. The summed E-state index contributed by atoms with van der Waals surface area (Å²) in [5, 5.41) is 14.3. The molecule has 0 aliphatic rings. The Hall–Kier alpha value is -1.81. The molecule has 16 heavy (non-hydrogen) atoms. The minimum Gasteiger partial charge on any atom is -0.496 e. The summed E-state index contributed by atoms with van der Waals surface area (Å²) in [6.07, 6.45) is 0.942. The second-order valence-corrected chi connectivity index (χ2v) is 3.52. The van der Waals surface area contributed by atoms with Crippen LogP contribution in [0.1, 0.15) is 17.4 Å². The van der Waals surface area contributed by atoms with Crippen LogP contribution in [0.5, 0.6) is 5.75 Å². The average Bonchev–Trinajstić information content (AvgIpc) is 2.74. The highest BCUT2D eigenvalue weighted by atomic mass is 16.5. The summed E-state index contributed by atoms with van der Waals surface area (Å²) in [7, 11) is 3.39. The van der Waals surface area contributed by atoms with E-state index < -0.39 is 6.10 Å². The van der Waals surface area contributed by atoms with Gasteiger partial charge in [-0.05, 0) is 12.1 Å². The molecule has 0 spiro atoms. The van der Waals surface area contributed by atoms with Crippen LogP contribution in [0.2, 0.25) is 0 Å². The smallest absolute Gasteiger partial charge is 0.125 e. The standard InChI is InChI=1S/C12H14N2O2/c1-14-10(7-8-13-14)12(15)9-5-3-4-6-11(9)16-2/h3-8,12,15H,1-2H3. The Morgan fingerprint density at radius 3 is 2.69 bits per heavy atom. The van der Waals surface area contributed by atoms with Crippen molar-refractivity contribution in [3.05, 3.63) is 47.8 Å². The van der Waals surface area contributed by atoms with Crippen LogP contribution in [0.25, 0.3) is 0 Å². The van der Waals surface area contributed by atoms with Crippen molar-refractivity contribution in [3.63, 3.8) is 0 Å². The van der Waals surface area contributed by atoms with Gasteiger partial charge >= 0.3 is 0 Å². The Labute approximate surface area is 94.1 Å². The predicted octanol–water partition coefficient (Wildman–Crippen LogP) is 1.51. The molecule has 0 radical (unpaired) electrons. The van der Waals surface area contributed by atoms with Crippen molar-refractivity contribution in [2.45, 2.75) is 6.10 Å². The maximum Gasteiger partial charge on any atom is 0.125 e. The maximum absolute atomic E-state index is 10.2. The van der Waals surface area contributed by atoms with E-state index in [2.05, 4.69) is 5.10 Å². The number of ether oxygens (including phenoxy) is 1. The summed E-state index contributed by atoms with van der Waals surface area (Å²) < 4.78 is 6.86. The van der Waals surface area contributed by atoms with Crippen molar-refractivity contribution in [2.24, 2.45) is 7.05 Å². The van der Waals surface area contributed by atoms with E-state index in [4.69, 9.17) is 4.74 Å². The second-order valence-electron chi connectivity index (χ2n) is 3.52. The molecule has 2 aromatic rings. The van der Waals surface area contributed by atoms with Gasteiger partial charge in [0, 0.05) is 18.8 Å². The molecule has 4 nitrogen and oxygen atoms in total. The van der Waals surface area contributed by atoms with E-state index in [0.717, 1.165) is 11.3 Å². The number of hydrogen-bond acceptors (Lipinski definition) is 3. The average molecular weight is 218 g/mol. The molecule has 1 aromatic carbocycles. The molecule has 1 N–H and O–H groups in total. The Morgan fingerprint density at radius 1 is 1.31 bits per heavy atom. The maximum atomic E-state index is 10.2. The van der Waals surface area contributed by atoms with E-state index in [0.29, 0.717) is 5.75 Å². The quantitative estimate of drug-likeness (QED) is 0.849. The van der Waals surface area contributed by atoms with Gasteiger partial charge in [-0.3, -0.25) is 4.68 Å². The summed E-state index contributed by atoms with van der Waals surface area (Å²) in [5.41, 5.74) is 1.48. The van der Waals surface area contributed by atoms with Crippen LogP contribution in [0.4, 0.5) is 0 Å². The molecule has 4 heteroatoms. The minimum absolute atomic E-state index is 0.677. The van der Waals surface area contributed by atoms with Gasteiger partial charge in [0.05, 0.1) is 12.8 Å². The van der Waals surface area contributed by atoms with Gasteiger partial charge in [0.1, 0.15) is 11.9 Å². The lowest BCUT2D eigenvalue weighted by Gasteiger charge is -2.14. The van der Waals surface area contributed by atoms with E-state index in [1.165, 1.54) is 0 Å². The lowest BCUT2D eigenvalue weighted by molar-refractivity contribution is 0.204. The molecule has 1 aromatic heterocycles. The fourth-order valence-electron chi connectivity index (χ4n) is 1.70. The van der Waals surface area contributed by atoms with Gasteiger partial charge in [-0.25, -0.2) is 0 Å². The predicted molar refractivity (Wildman–Crippen MR) is 60.3 cm³/mol. The first-order valence-electron chi connectivity index (χ1n) is 5.03. The third-order valence-corrected chi connectivity index (χ3v) is 2.57. The van der Waals surface area contributed by atoms with Crippen LogP contribution in [0, 0.1) is 0 Å². The van der Waals surface area contributed by atoms with Crippen molar-refractivity contribution >= 4 is 0 Å². The molecule has 2 rings (SSSR count). The monoisotopic (exact) mass is 218 g/mol. The first-order chi connectivity index (χ1) is 7.74. The molecule has 1 unspecified atom stereocenters. The molecule has 0 bridgehead atoms. The number of aliphatic hydroxyl groups excluding tert-OH is 1. The van der Waals surface area contributed by atoms with Crippen LogP contribution in [0.3, 0.4) is 0 Å². The molecular weight excluding hydrogens is 204 g/mol. The molecule has 0 saturated heterocycles. The number of aliphatic hydroxyl groups is 1. The Morgan fingerprint density at radius 2 is 2.06 bits per heavy atom. The number of benzene rings is 1. The molecule has 0 aliphatic heterocycles. The first-order valence-corrected chi connectivity index (χ1v) is 5.03. The SMILES string of the molecule is COc1ccccc1C(O)c1ccnn1C. The van der Waals surface area contributed by atoms with E-state index in [-0.39, 0.29) is 0 Å². The van der Waals surface area contributed by atoms with E-state index in [1.807, 2.05) is 24.3 Å².